The summed E-state index contributed by atoms with van der Waals surface area (Å²) in [6.07, 6.45) is 2.47. The van der Waals surface area contributed by atoms with Crippen LogP contribution in [0.2, 0.25) is 0 Å². The van der Waals surface area contributed by atoms with Gasteiger partial charge in [0.15, 0.2) is 0 Å². The molecule has 4 rings (SSSR count). The van der Waals surface area contributed by atoms with E-state index < -0.39 is 0 Å². The zero-order valence-electron chi connectivity index (χ0n) is 17.4. The molecule has 2 aromatic carbocycles. The summed E-state index contributed by atoms with van der Waals surface area (Å²) in [6.45, 7) is 6.72. The molecule has 6 heteroatoms. The van der Waals surface area contributed by atoms with Gasteiger partial charge in [0.2, 0.25) is 0 Å². The van der Waals surface area contributed by atoms with Gasteiger partial charge in [-0.1, -0.05) is 25.1 Å². The number of hydrogen-bond donors (Lipinski definition) is 1. The normalized spacial score (nSPS) is 14.5. The number of para-hydroxylation sites is 1. The van der Waals surface area contributed by atoms with Crippen LogP contribution in [0.4, 0.5) is 11.4 Å². The maximum absolute atomic E-state index is 12.8. The van der Waals surface area contributed by atoms with Gasteiger partial charge in [0.1, 0.15) is 22.2 Å². The van der Waals surface area contributed by atoms with Gasteiger partial charge in [0, 0.05) is 24.5 Å². The predicted molar refractivity (Wildman–Crippen MR) is 123 cm³/mol. The van der Waals surface area contributed by atoms with Crippen molar-refractivity contribution in [3.8, 4) is 5.75 Å². The molecule has 0 spiro atoms. The van der Waals surface area contributed by atoms with Crippen LogP contribution in [0.25, 0.3) is 0 Å². The van der Waals surface area contributed by atoms with Crippen molar-refractivity contribution in [3.05, 3.63) is 70.2 Å². The zero-order valence-corrected chi connectivity index (χ0v) is 18.2. The Balaban J connectivity index is 1.36. The van der Waals surface area contributed by atoms with Gasteiger partial charge in [0.25, 0.3) is 5.91 Å². The Morgan fingerprint density at radius 2 is 1.83 bits per heavy atom. The molecule has 0 saturated carbocycles. The maximum Gasteiger partial charge on any atom is 0.267 e. The van der Waals surface area contributed by atoms with Gasteiger partial charge < -0.3 is 15.0 Å². The molecule has 1 aliphatic rings. The topological polar surface area (TPSA) is 54.5 Å². The van der Waals surface area contributed by atoms with Crippen molar-refractivity contribution in [3.63, 3.8) is 0 Å². The molecular weight excluding hydrogens is 394 g/mol. The van der Waals surface area contributed by atoms with E-state index >= 15 is 0 Å². The molecule has 30 heavy (non-hydrogen) atoms. The molecular formula is C24H27N3O2S. The molecule has 0 unspecified atom stereocenters. The van der Waals surface area contributed by atoms with E-state index in [0.717, 1.165) is 41.1 Å². The van der Waals surface area contributed by atoms with Crippen LogP contribution in [0.15, 0.2) is 54.6 Å². The molecule has 0 radical (unpaired) electrons. The summed E-state index contributed by atoms with van der Waals surface area (Å²) < 4.78 is 5.75. The number of anilines is 2. The van der Waals surface area contributed by atoms with E-state index in [4.69, 9.17) is 4.74 Å². The van der Waals surface area contributed by atoms with Crippen molar-refractivity contribution >= 4 is 28.6 Å². The summed E-state index contributed by atoms with van der Waals surface area (Å²) in [5, 5.41) is 3.78. The lowest BCUT2D eigenvalue weighted by molar-refractivity contribution is 0.103. The summed E-state index contributed by atoms with van der Waals surface area (Å²) in [4.78, 5) is 20.3. The molecule has 1 saturated heterocycles. The van der Waals surface area contributed by atoms with Crippen molar-refractivity contribution in [2.75, 3.05) is 23.3 Å². The Kier molecular flexibility index (Phi) is 6.33. The summed E-state index contributed by atoms with van der Waals surface area (Å²) >= 11 is 1.38. The highest BCUT2D eigenvalue weighted by molar-refractivity contribution is 7.13. The van der Waals surface area contributed by atoms with Gasteiger partial charge in [-0.2, -0.15) is 0 Å². The van der Waals surface area contributed by atoms with Gasteiger partial charge >= 0.3 is 0 Å². The highest BCUT2D eigenvalue weighted by Crippen LogP contribution is 2.25. The predicted octanol–water partition coefficient (Wildman–Crippen LogP) is 5.52. The third-order valence-corrected chi connectivity index (χ3v) is 6.56. The molecule has 1 amide bonds. The van der Waals surface area contributed by atoms with Crippen LogP contribution in [0.5, 0.6) is 5.75 Å². The number of rotatable bonds is 6. The van der Waals surface area contributed by atoms with Crippen LogP contribution in [0.3, 0.4) is 0 Å². The first kappa shape index (κ1) is 20.4. The third-order valence-electron chi connectivity index (χ3n) is 5.43. The second-order valence-corrected chi connectivity index (χ2v) is 8.88. The first-order valence-electron chi connectivity index (χ1n) is 10.4. The second-order valence-electron chi connectivity index (χ2n) is 7.79. The van der Waals surface area contributed by atoms with Crippen LogP contribution >= 0.6 is 11.3 Å². The number of nitrogens with zero attached hydrogens (tertiary/aromatic N) is 2. The molecule has 156 valence electrons. The van der Waals surface area contributed by atoms with Crippen LogP contribution in [0, 0.1) is 12.8 Å². The molecule has 1 N–H and O–H groups in total. The van der Waals surface area contributed by atoms with E-state index in [1.807, 2.05) is 49.4 Å². The molecule has 0 aliphatic carbocycles. The first-order valence-corrected chi connectivity index (χ1v) is 11.2. The van der Waals surface area contributed by atoms with Gasteiger partial charge in [-0.25, -0.2) is 4.98 Å². The molecule has 0 atom stereocenters. The number of thiazole rings is 1. The molecule has 1 aliphatic heterocycles. The first-order chi connectivity index (χ1) is 14.6. The number of carbonyl (C=O) groups is 1. The fourth-order valence-corrected chi connectivity index (χ4v) is 4.47. The molecule has 1 fully saturated rings. The maximum atomic E-state index is 12.8. The number of aryl methyl sites for hydroxylation is 1. The Labute approximate surface area is 181 Å². The molecule has 1 aromatic heterocycles. The number of piperidine rings is 1. The van der Waals surface area contributed by atoms with Crippen molar-refractivity contribution in [1.82, 2.24) is 4.98 Å². The average Bonchev–Trinajstić information content (AvgIpc) is 3.15. The van der Waals surface area contributed by atoms with Crippen LogP contribution in [-0.2, 0) is 6.61 Å². The minimum atomic E-state index is -0.129. The minimum absolute atomic E-state index is 0.129. The molecule has 3 aromatic rings. The van der Waals surface area contributed by atoms with Crippen LogP contribution in [-0.4, -0.2) is 24.0 Å². The molecule has 0 bridgehead atoms. The van der Waals surface area contributed by atoms with Crippen molar-refractivity contribution < 1.29 is 9.53 Å². The zero-order chi connectivity index (χ0) is 20.9. The largest absolute Gasteiger partial charge is 0.486 e. The van der Waals surface area contributed by atoms with Crippen LogP contribution < -0.4 is 15.0 Å². The number of ether oxygens (including phenoxy) is 1. The SMILES string of the molecule is Cc1nc(COc2ccccc2)sc1C(=O)Nc1ccc(N2CCC(C)CC2)cc1. The van der Waals surface area contributed by atoms with E-state index in [0.29, 0.717) is 11.5 Å². The molecule has 2 heterocycles. The summed E-state index contributed by atoms with van der Waals surface area (Å²) in [6, 6.07) is 17.7. The second kappa shape index (κ2) is 9.30. The molecule has 5 nitrogen and oxygen atoms in total. The quantitative estimate of drug-likeness (QED) is 0.569. The van der Waals surface area contributed by atoms with E-state index in [2.05, 4.69) is 34.3 Å². The Hall–Kier alpha value is -2.86. The number of nitrogens with one attached hydrogen (secondary N) is 1. The number of benzene rings is 2. The summed E-state index contributed by atoms with van der Waals surface area (Å²) in [7, 11) is 0. The van der Waals surface area contributed by atoms with Crippen molar-refractivity contribution in [2.24, 2.45) is 5.92 Å². The lowest BCUT2D eigenvalue weighted by Crippen LogP contribution is -2.32. The fourth-order valence-electron chi connectivity index (χ4n) is 3.60. The Morgan fingerprint density at radius 3 is 2.53 bits per heavy atom. The summed E-state index contributed by atoms with van der Waals surface area (Å²) in [5.41, 5.74) is 2.74. The number of hydrogen-bond acceptors (Lipinski definition) is 5. The lowest BCUT2D eigenvalue weighted by atomic mass is 9.99. The summed E-state index contributed by atoms with van der Waals surface area (Å²) in [5.74, 6) is 1.47. The smallest absolute Gasteiger partial charge is 0.267 e. The highest BCUT2D eigenvalue weighted by atomic mass is 32.1. The van der Waals surface area contributed by atoms with Gasteiger partial charge in [-0.15, -0.1) is 11.3 Å². The van der Waals surface area contributed by atoms with Crippen molar-refractivity contribution in [2.45, 2.75) is 33.3 Å². The number of aromatic nitrogens is 1. The number of amides is 1. The lowest BCUT2D eigenvalue weighted by Gasteiger charge is -2.32. The Bertz CT molecular complexity index is 977. The van der Waals surface area contributed by atoms with Crippen molar-refractivity contribution in [1.29, 1.82) is 0 Å². The monoisotopic (exact) mass is 421 g/mol. The Morgan fingerprint density at radius 1 is 1.13 bits per heavy atom. The van der Waals surface area contributed by atoms with Crippen LogP contribution in [0.1, 0.15) is 40.1 Å². The average molecular weight is 422 g/mol. The standard InChI is InChI=1S/C24H27N3O2S/c1-17-12-14-27(15-13-17)20-10-8-19(9-11-20)26-24(28)23-18(2)25-22(30-23)16-29-21-6-4-3-5-7-21/h3-11,17H,12-16H2,1-2H3,(H,26,28). The fraction of sp³-hybridized carbons (Fsp3) is 0.333. The van der Waals surface area contributed by atoms with Gasteiger partial charge in [-0.3, -0.25) is 4.79 Å². The van der Waals surface area contributed by atoms with E-state index in [-0.39, 0.29) is 5.91 Å². The van der Waals surface area contributed by atoms with E-state index in [9.17, 15) is 4.79 Å². The van der Waals surface area contributed by atoms with Gasteiger partial charge in [0.05, 0.1) is 5.69 Å². The third kappa shape index (κ3) is 5.00. The minimum Gasteiger partial charge on any atom is -0.486 e. The number of carbonyl (C=O) groups excluding carboxylic acids is 1. The van der Waals surface area contributed by atoms with E-state index in [1.54, 1.807) is 0 Å². The van der Waals surface area contributed by atoms with Gasteiger partial charge in [-0.05, 0) is 62.1 Å². The highest BCUT2D eigenvalue weighted by Gasteiger charge is 2.18. The van der Waals surface area contributed by atoms with E-state index in [1.165, 1.54) is 29.9 Å².